The summed E-state index contributed by atoms with van der Waals surface area (Å²) in [5.74, 6) is 0. The topological polar surface area (TPSA) is 60.2 Å². The van der Waals surface area contributed by atoms with Gasteiger partial charge < -0.3 is 0 Å². The second-order valence-corrected chi connectivity index (χ2v) is 0.856. The minimum absolute atomic E-state index is 0. The van der Waals surface area contributed by atoms with E-state index in [0.29, 0.717) is 0 Å². The molecule has 3 nitrogen and oxygen atoms in total. The Hall–Kier alpha value is 0.533. The average Bonchev–Trinajstić information content (AvgIpc) is 0.811. The van der Waals surface area contributed by atoms with E-state index in [4.69, 9.17) is 8.42 Å². The Balaban J connectivity index is 0. The van der Waals surface area contributed by atoms with Gasteiger partial charge in [0.05, 0.1) is 0 Å². The van der Waals surface area contributed by atoms with Gasteiger partial charge in [0.1, 0.15) is 0 Å². The van der Waals surface area contributed by atoms with Crippen LogP contribution in [0.1, 0.15) is 0 Å². The second-order valence-electron chi connectivity index (χ2n) is 0.285. The van der Waals surface area contributed by atoms with Crippen molar-refractivity contribution in [2.45, 2.75) is 0 Å². The maximum absolute atomic E-state index is 8.81. The van der Waals surface area contributed by atoms with E-state index in [9.17, 15) is 0 Å². The predicted octanol–water partition coefficient (Wildman–Crippen LogP) is -1.53. The molecule has 0 aliphatic carbocycles. The molecule has 28 valence electrons. The first-order valence-corrected chi connectivity index (χ1v) is 1.87. The summed E-state index contributed by atoms with van der Waals surface area (Å²) in [4.78, 5) is 0. The minimum Gasteiger partial charge on any atom is -0.231 e. The molecule has 0 fully saturated rings. The van der Waals surface area contributed by atoms with Crippen LogP contribution in [-0.4, -0.2) is 8.42 Å². The molecule has 0 unspecified atom stereocenters. The fraction of sp³-hybridized carbons (Fsp3) is 0. The number of hydrogen-bond donors (Lipinski definition) is 2. The van der Waals surface area contributed by atoms with Crippen LogP contribution >= 0.6 is 0 Å². The van der Waals surface area contributed by atoms with E-state index in [-0.39, 0.29) is 19.5 Å². The fourth-order valence-electron chi connectivity index (χ4n) is 0. The van der Waals surface area contributed by atoms with Crippen molar-refractivity contribution in [2.24, 2.45) is 5.14 Å². The predicted molar refractivity (Wildman–Crippen MR) is 14.5 cm³/mol. The molecule has 0 aliphatic heterocycles. The molecule has 0 saturated carbocycles. The van der Waals surface area contributed by atoms with Crippen LogP contribution in [0, 0.1) is 0 Å². The molecular weight excluding hydrogens is 143 g/mol. The standard InChI is InChI=1S/H3NO2S.Zn/c1-4(2)3;/h4H,(H2,1,2,3);. The molecule has 0 heterocycles. The molecule has 0 aromatic heterocycles. The van der Waals surface area contributed by atoms with Gasteiger partial charge in [0.25, 0.3) is 0 Å². The monoisotopic (exact) mass is 145 g/mol. The van der Waals surface area contributed by atoms with Crippen LogP contribution in [-0.2, 0) is 30.4 Å². The number of thiol groups is 1. The van der Waals surface area contributed by atoms with E-state index in [1.807, 2.05) is 0 Å². The Kier molecular flexibility index (Phi) is 8.26. The SMILES string of the molecule is N[SH](=O)=O.[Zn]. The Morgan fingerprint density at radius 1 is 1.40 bits per heavy atom. The summed E-state index contributed by atoms with van der Waals surface area (Å²) in [5, 5.41) is 4.06. The average molecular weight is 146 g/mol. The smallest absolute Gasteiger partial charge is 0.198 e. The molecule has 5 heavy (non-hydrogen) atoms. The molecule has 0 aromatic carbocycles. The number of hydrogen-bond acceptors (Lipinski definition) is 2. The van der Waals surface area contributed by atoms with Gasteiger partial charge in [0.15, 0.2) is 10.9 Å². The second kappa shape index (κ2) is 4.53. The molecule has 5 heteroatoms. The van der Waals surface area contributed by atoms with Crippen LogP contribution in [0.15, 0.2) is 0 Å². The van der Waals surface area contributed by atoms with Crippen LogP contribution in [0.25, 0.3) is 0 Å². The summed E-state index contributed by atoms with van der Waals surface area (Å²) in [6.45, 7) is 0. The quantitative estimate of drug-likeness (QED) is 0.322. The van der Waals surface area contributed by atoms with Crippen LogP contribution < -0.4 is 5.14 Å². The van der Waals surface area contributed by atoms with E-state index in [1.165, 1.54) is 0 Å². The first-order valence-electron chi connectivity index (χ1n) is 0.623. The van der Waals surface area contributed by atoms with Crippen molar-refractivity contribution < 1.29 is 27.9 Å². The van der Waals surface area contributed by atoms with E-state index in [2.05, 4.69) is 5.14 Å². The van der Waals surface area contributed by atoms with Crippen molar-refractivity contribution in [3.8, 4) is 0 Å². The first kappa shape index (κ1) is 9.11. The van der Waals surface area contributed by atoms with Gasteiger partial charge >= 0.3 is 0 Å². The summed E-state index contributed by atoms with van der Waals surface area (Å²) in [5.41, 5.74) is 0. The molecule has 0 bridgehead atoms. The van der Waals surface area contributed by atoms with Gasteiger partial charge in [-0.1, -0.05) is 0 Å². The molecule has 0 aliphatic rings. The number of rotatable bonds is 0. The van der Waals surface area contributed by atoms with Crippen LogP contribution in [0.5, 0.6) is 0 Å². The third-order valence-corrected chi connectivity index (χ3v) is 0. The Morgan fingerprint density at radius 3 is 1.40 bits per heavy atom. The fourth-order valence-corrected chi connectivity index (χ4v) is 0. The van der Waals surface area contributed by atoms with Gasteiger partial charge in [-0.25, -0.2) is 13.6 Å². The van der Waals surface area contributed by atoms with E-state index >= 15 is 0 Å². The Labute approximate surface area is 44.4 Å². The summed E-state index contributed by atoms with van der Waals surface area (Å²) in [6, 6.07) is 0. The summed E-state index contributed by atoms with van der Waals surface area (Å²) in [6.07, 6.45) is 0. The summed E-state index contributed by atoms with van der Waals surface area (Å²) < 4.78 is 17.6. The van der Waals surface area contributed by atoms with Crippen molar-refractivity contribution in [3.05, 3.63) is 0 Å². The van der Waals surface area contributed by atoms with Crippen LogP contribution in [0.2, 0.25) is 0 Å². The molecule has 0 saturated heterocycles. The molecule has 0 radical (unpaired) electrons. The van der Waals surface area contributed by atoms with Gasteiger partial charge in [0.2, 0.25) is 0 Å². The van der Waals surface area contributed by atoms with Gasteiger partial charge in [0, 0.05) is 19.5 Å². The normalized spacial score (nSPS) is 6.80. The van der Waals surface area contributed by atoms with Gasteiger partial charge in [-0.15, -0.1) is 0 Å². The van der Waals surface area contributed by atoms with Crippen molar-refractivity contribution in [2.75, 3.05) is 0 Å². The van der Waals surface area contributed by atoms with Crippen molar-refractivity contribution >= 4 is 10.9 Å². The zero-order chi connectivity index (χ0) is 3.58. The molecule has 0 rings (SSSR count). The zero-order valence-corrected chi connectivity index (χ0v) is 6.41. The van der Waals surface area contributed by atoms with Gasteiger partial charge in [-0.3, -0.25) is 0 Å². The van der Waals surface area contributed by atoms with Gasteiger partial charge in [-0.2, -0.15) is 0 Å². The third-order valence-electron chi connectivity index (χ3n) is 0. The van der Waals surface area contributed by atoms with Gasteiger partial charge in [-0.05, 0) is 0 Å². The maximum Gasteiger partial charge on any atom is 0.198 e. The Morgan fingerprint density at radius 2 is 1.40 bits per heavy atom. The van der Waals surface area contributed by atoms with Crippen molar-refractivity contribution in [3.63, 3.8) is 0 Å². The molecular formula is H3NO2SZn. The Bertz CT molecular complexity index is 58.0. The minimum atomic E-state index is -2.62. The zero-order valence-electron chi connectivity index (χ0n) is 2.55. The summed E-state index contributed by atoms with van der Waals surface area (Å²) in [7, 11) is -2.62. The molecule has 0 aromatic rings. The molecule has 0 spiro atoms. The molecule has 2 N–H and O–H groups in total. The van der Waals surface area contributed by atoms with E-state index in [1.54, 1.807) is 0 Å². The number of nitrogens with two attached hydrogens (primary N) is 1. The van der Waals surface area contributed by atoms with E-state index < -0.39 is 10.9 Å². The largest absolute Gasteiger partial charge is 0.231 e. The van der Waals surface area contributed by atoms with Crippen LogP contribution in [0.3, 0.4) is 0 Å². The third kappa shape index (κ3) is 102. The maximum atomic E-state index is 8.81. The first-order chi connectivity index (χ1) is 1.73. The van der Waals surface area contributed by atoms with Crippen molar-refractivity contribution in [1.82, 2.24) is 0 Å². The molecule has 0 atom stereocenters. The summed E-state index contributed by atoms with van der Waals surface area (Å²) >= 11 is 0. The molecule has 0 amide bonds. The van der Waals surface area contributed by atoms with Crippen molar-refractivity contribution in [1.29, 1.82) is 0 Å². The van der Waals surface area contributed by atoms with Crippen LogP contribution in [0.4, 0.5) is 0 Å². The van der Waals surface area contributed by atoms with E-state index in [0.717, 1.165) is 0 Å².